The number of aliphatic hydroxyl groups is 1. The fourth-order valence-electron chi connectivity index (χ4n) is 5.23. The first kappa shape index (κ1) is 25.1. The van der Waals surface area contributed by atoms with Crippen molar-refractivity contribution in [3.63, 3.8) is 0 Å². The van der Waals surface area contributed by atoms with E-state index >= 15 is 0 Å². The predicted molar refractivity (Wildman–Crippen MR) is 148 cm³/mol. The summed E-state index contributed by atoms with van der Waals surface area (Å²) in [6, 6.07) is 23.3. The Hall–Kier alpha value is -3.61. The molecule has 2 heterocycles. The van der Waals surface area contributed by atoms with Crippen LogP contribution in [0.4, 0.5) is 5.69 Å². The van der Waals surface area contributed by atoms with Gasteiger partial charge in [0.25, 0.3) is 0 Å². The zero-order valence-corrected chi connectivity index (χ0v) is 21.5. The van der Waals surface area contributed by atoms with Crippen LogP contribution in [0.25, 0.3) is 22.3 Å². The molecule has 4 aromatic rings. The summed E-state index contributed by atoms with van der Waals surface area (Å²) in [4.78, 5) is 17.9. The highest BCUT2D eigenvalue weighted by atomic mass is 16.5. The number of hydrogen-bond donors (Lipinski definition) is 1. The highest BCUT2D eigenvalue weighted by Crippen LogP contribution is 2.32. The third-order valence-electron chi connectivity index (χ3n) is 7.32. The summed E-state index contributed by atoms with van der Waals surface area (Å²) < 4.78 is 11.8. The van der Waals surface area contributed by atoms with Gasteiger partial charge in [0.1, 0.15) is 17.1 Å². The molecule has 6 nitrogen and oxygen atoms in total. The van der Waals surface area contributed by atoms with Crippen LogP contribution in [0.1, 0.15) is 30.1 Å². The monoisotopic (exact) mass is 498 g/mol. The van der Waals surface area contributed by atoms with Gasteiger partial charge in [-0.05, 0) is 44.5 Å². The van der Waals surface area contributed by atoms with Crippen LogP contribution in [0.2, 0.25) is 0 Å². The summed E-state index contributed by atoms with van der Waals surface area (Å²) in [7, 11) is 1.71. The molecule has 37 heavy (non-hydrogen) atoms. The van der Waals surface area contributed by atoms with Crippen molar-refractivity contribution in [3.05, 3.63) is 94.1 Å². The summed E-state index contributed by atoms with van der Waals surface area (Å²) in [5, 5.41) is 11.6. The summed E-state index contributed by atoms with van der Waals surface area (Å²) in [6.07, 6.45) is 0.755. The number of piperazine rings is 1. The minimum absolute atomic E-state index is 0.0536. The molecule has 0 spiro atoms. The summed E-state index contributed by atoms with van der Waals surface area (Å²) >= 11 is 0. The summed E-state index contributed by atoms with van der Waals surface area (Å²) in [5.74, 6) is 1.47. The van der Waals surface area contributed by atoms with Crippen molar-refractivity contribution in [1.82, 2.24) is 4.90 Å². The molecule has 6 heteroatoms. The molecule has 5 rings (SSSR count). The second-order valence-electron chi connectivity index (χ2n) is 9.63. The van der Waals surface area contributed by atoms with Gasteiger partial charge >= 0.3 is 0 Å². The largest absolute Gasteiger partial charge is 0.495 e. The fraction of sp³-hybridized carbons (Fsp3) is 0.323. The van der Waals surface area contributed by atoms with Crippen LogP contribution >= 0.6 is 0 Å². The van der Waals surface area contributed by atoms with E-state index in [9.17, 15) is 9.90 Å². The number of para-hydroxylation sites is 3. The van der Waals surface area contributed by atoms with E-state index in [4.69, 9.17) is 9.15 Å². The highest BCUT2D eigenvalue weighted by Gasteiger charge is 2.21. The highest BCUT2D eigenvalue weighted by molar-refractivity contribution is 5.83. The van der Waals surface area contributed by atoms with Gasteiger partial charge in [-0.1, -0.05) is 54.6 Å². The molecule has 0 bridgehead atoms. The van der Waals surface area contributed by atoms with E-state index in [1.165, 1.54) is 0 Å². The first-order chi connectivity index (χ1) is 18.1. The second kappa shape index (κ2) is 11.2. The van der Waals surface area contributed by atoms with E-state index in [0.29, 0.717) is 34.3 Å². The van der Waals surface area contributed by atoms with Gasteiger partial charge in [0.05, 0.1) is 24.3 Å². The Labute approximate surface area is 217 Å². The van der Waals surface area contributed by atoms with Crippen molar-refractivity contribution in [1.29, 1.82) is 0 Å². The van der Waals surface area contributed by atoms with Crippen molar-refractivity contribution in [2.45, 2.75) is 25.9 Å². The smallest absolute Gasteiger partial charge is 0.196 e. The zero-order chi connectivity index (χ0) is 25.8. The number of hydrogen-bond acceptors (Lipinski definition) is 6. The first-order valence-electron chi connectivity index (χ1n) is 13.0. The van der Waals surface area contributed by atoms with Crippen molar-refractivity contribution in [3.8, 4) is 17.1 Å². The van der Waals surface area contributed by atoms with E-state index in [1.54, 1.807) is 20.1 Å². The maximum Gasteiger partial charge on any atom is 0.196 e. The lowest BCUT2D eigenvalue weighted by Gasteiger charge is -2.36. The van der Waals surface area contributed by atoms with Crippen LogP contribution in [0.15, 0.2) is 82.0 Å². The lowest BCUT2D eigenvalue weighted by molar-refractivity contribution is 0.154. The van der Waals surface area contributed by atoms with Crippen LogP contribution in [0.5, 0.6) is 5.75 Å². The lowest BCUT2D eigenvalue weighted by atomic mass is 9.99. The normalized spacial score (nSPS) is 15.2. The number of aliphatic hydroxyl groups excluding tert-OH is 1. The minimum atomic E-state index is -0.701. The predicted octanol–water partition coefficient (Wildman–Crippen LogP) is 5.41. The molecular weight excluding hydrogens is 464 g/mol. The van der Waals surface area contributed by atoms with Crippen molar-refractivity contribution >= 4 is 16.7 Å². The molecule has 1 N–H and O–H groups in total. The quantitative estimate of drug-likeness (QED) is 0.350. The molecular formula is C31H34N2O4. The fourth-order valence-corrected chi connectivity index (χ4v) is 5.23. The van der Waals surface area contributed by atoms with Gasteiger partial charge in [-0.15, -0.1) is 0 Å². The van der Waals surface area contributed by atoms with Crippen LogP contribution in [0.3, 0.4) is 0 Å². The number of methoxy groups -OCH3 is 1. The molecule has 3 aromatic carbocycles. The molecule has 0 radical (unpaired) electrons. The van der Waals surface area contributed by atoms with Gasteiger partial charge in [-0.3, -0.25) is 9.69 Å². The molecule has 192 valence electrons. The molecule has 0 saturated carbocycles. The van der Waals surface area contributed by atoms with E-state index < -0.39 is 6.10 Å². The zero-order valence-electron chi connectivity index (χ0n) is 21.5. The topological polar surface area (TPSA) is 66.2 Å². The van der Waals surface area contributed by atoms with Gasteiger partial charge in [0.2, 0.25) is 0 Å². The lowest BCUT2D eigenvalue weighted by Crippen LogP contribution is -2.46. The van der Waals surface area contributed by atoms with Crippen molar-refractivity contribution in [2.75, 3.05) is 44.7 Å². The number of ether oxygens (including phenoxy) is 1. The average molecular weight is 499 g/mol. The molecule has 1 atom stereocenters. The van der Waals surface area contributed by atoms with Crippen molar-refractivity contribution < 1.29 is 14.3 Å². The van der Waals surface area contributed by atoms with Crippen LogP contribution in [0, 0.1) is 6.92 Å². The number of fused-ring (bicyclic) bond motifs is 1. The van der Waals surface area contributed by atoms with Gasteiger partial charge in [-0.25, -0.2) is 0 Å². The molecule has 1 unspecified atom stereocenters. The molecule has 1 aliphatic heterocycles. The van der Waals surface area contributed by atoms with Gasteiger partial charge < -0.3 is 19.2 Å². The SMILES string of the molecule is COc1ccccc1N1CCN(CCCC(O)c2cccc3c(=O)c(C)c(-c4ccccc4)oc23)CC1. The number of nitrogens with zero attached hydrogens (tertiary/aromatic N) is 2. The standard InChI is InChI=1S/C31H34N2O4/c1-22-29(35)25-13-8-12-24(31(25)37-30(22)23-10-4-3-5-11-23)27(34)15-9-17-32-18-20-33(21-19-32)26-14-6-7-16-28(26)36-2/h3-8,10-14,16,27,34H,9,15,17-21H2,1-2H3. The maximum absolute atomic E-state index is 13.1. The maximum atomic E-state index is 13.1. The van der Waals surface area contributed by atoms with E-state index in [-0.39, 0.29) is 5.43 Å². The van der Waals surface area contributed by atoms with Gasteiger partial charge in [0, 0.05) is 42.9 Å². The minimum Gasteiger partial charge on any atom is -0.495 e. The molecule has 0 amide bonds. The number of rotatable bonds is 8. The van der Waals surface area contributed by atoms with Gasteiger partial charge in [0.15, 0.2) is 5.43 Å². The molecule has 1 fully saturated rings. The summed E-state index contributed by atoms with van der Waals surface area (Å²) in [6.45, 7) is 6.54. The van der Waals surface area contributed by atoms with E-state index in [0.717, 1.165) is 56.1 Å². The third kappa shape index (κ3) is 5.26. The first-order valence-corrected chi connectivity index (χ1v) is 13.0. The third-order valence-corrected chi connectivity index (χ3v) is 7.32. The Bertz CT molecular complexity index is 1410. The molecule has 0 aliphatic carbocycles. The summed E-state index contributed by atoms with van der Waals surface area (Å²) in [5.41, 5.74) is 3.68. The van der Waals surface area contributed by atoms with Crippen LogP contribution in [-0.4, -0.2) is 49.8 Å². The Morgan fingerprint density at radius 1 is 0.946 bits per heavy atom. The average Bonchev–Trinajstić information content (AvgIpc) is 2.95. The van der Waals surface area contributed by atoms with Gasteiger partial charge in [-0.2, -0.15) is 0 Å². The van der Waals surface area contributed by atoms with Crippen LogP contribution < -0.4 is 15.1 Å². The van der Waals surface area contributed by atoms with Crippen LogP contribution in [-0.2, 0) is 0 Å². The van der Waals surface area contributed by atoms with E-state index in [1.807, 2.05) is 60.7 Å². The Morgan fingerprint density at radius 3 is 2.43 bits per heavy atom. The number of benzene rings is 3. The second-order valence-corrected chi connectivity index (χ2v) is 9.63. The Balaban J connectivity index is 1.24. The Morgan fingerprint density at radius 2 is 1.68 bits per heavy atom. The molecule has 1 aromatic heterocycles. The molecule has 1 aliphatic rings. The Kier molecular flexibility index (Phi) is 7.58. The number of anilines is 1. The molecule has 1 saturated heterocycles. The van der Waals surface area contributed by atoms with Crippen molar-refractivity contribution in [2.24, 2.45) is 0 Å². The van der Waals surface area contributed by atoms with E-state index in [2.05, 4.69) is 15.9 Å².